The van der Waals surface area contributed by atoms with E-state index in [9.17, 15) is 13.2 Å². The van der Waals surface area contributed by atoms with E-state index >= 15 is 0 Å². The van der Waals surface area contributed by atoms with Crippen molar-refractivity contribution in [3.8, 4) is 0 Å². The maximum Gasteiger partial charge on any atom is 0.419 e. The first-order valence-electron chi connectivity index (χ1n) is 5.76. The molecular formula is C13H12F3N3S. The third-order valence-electron chi connectivity index (χ3n) is 2.92. The highest BCUT2D eigenvalue weighted by atomic mass is 32.1. The molecule has 0 bridgehead atoms. The Labute approximate surface area is 119 Å². The average Bonchev–Trinajstić information content (AvgIpc) is 2.80. The molecule has 2 N–H and O–H groups in total. The van der Waals surface area contributed by atoms with Crippen molar-refractivity contribution in [3.05, 3.63) is 52.8 Å². The summed E-state index contributed by atoms with van der Waals surface area (Å²) in [5.74, 6) is 0. The van der Waals surface area contributed by atoms with Gasteiger partial charge in [0, 0.05) is 11.8 Å². The van der Waals surface area contributed by atoms with Crippen molar-refractivity contribution in [1.29, 1.82) is 0 Å². The second-order valence-corrected chi connectivity index (χ2v) is 4.87. The number of thiocarbonyl (C=S) groups is 1. The SMILES string of the molecule is Cc1cc(C(N)=S)ccc1Cn1cc(C(F)(F)F)cn1. The first-order chi connectivity index (χ1) is 9.27. The highest BCUT2D eigenvalue weighted by Crippen LogP contribution is 2.28. The number of alkyl halides is 3. The lowest BCUT2D eigenvalue weighted by Gasteiger charge is -2.08. The molecule has 0 atom stereocenters. The first-order valence-corrected chi connectivity index (χ1v) is 6.17. The van der Waals surface area contributed by atoms with E-state index in [1.807, 2.05) is 13.0 Å². The Balaban J connectivity index is 2.22. The normalized spacial score (nSPS) is 11.6. The summed E-state index contributed by atoms with van der Waals surface area (Å²) in [4.78, 5) is 0.290. The topological polar surface area (TPSA) is 43.8 Å². The van der Waals surface area contributed by atoms with E-state index in [-0.39, 0.29) is 11.5 Å². The fourth-order valence-electron chi connectivity index (χ4n) is 1.80. The van der Waals surface area contributed by atoms with E-state index in [4.69, 9.17) is 18.0 Å². The van der Waals surface area contributed by atoms with Gasteiger partial charge in [-0.1, -0.05) is 24.4 Å². The second-order valence-electron chi connectivity index (χ2n) is 4.43. The van der Waals surface area contributed by atoms with Crippen molar-refractivity contribution in [2.24, 2.45) is 5.73 Å². The number of aromatic nitrogens is 2. The van der Waals surface area contributed by atoms with Crippen LogP contribution < -0.4 is 5.73 Å². The maximum absolute atomic E-state index is 12.5. The van der Waals surface area contributed by atoms with E-state index in [0.29, 0.717) is 0 Å². The molecule has 0 fully saturated rings. The van der Waals surface area contributed by atoms with Crippen molar-refractivity contribution in [2.45, 2.75) is 19.6 Å². The molecule has 1 aromatic heterocycles. The highest BCUT2D eigenvalue weighted by Gasteiger charge is 2.32. The average molecular weight is 299 g/mol. The molecule has 2 rings (SSSR count). The molecule has 3 nitrogen and oxygen atoms in total. The van der Waals surface area contributed by atoms with Crippen LogP contribution in [0.3, 0.4) is 0 Å². The van der Waals surface area contributed by atoms with Crippen molar-refractivity contribution in [2.75, 3.05) is 0 Å². The zero-order valence-electron chi connectivity index (χ0n) is 10.6. The van der Waals surface area contributed by atoms with Crippen LogP contribution in [-0.4, -0.2) is 14.8 Å². The molecule has 0 radical (unpaired) electrons. The Bertz CT molecular complexity index is 647. The molecule has 0 amide bonds. The lowest BCUT2D eigenvalue weighted by Crippen LogP contribution is -2.10. The van der Waals surface area contributed by atoms with Crippen LogP contribution >= 0.6 is 12.2 Å². The van der Waals surface area contributed by atoms with Crippen LogP contribution in [0.1, 0.15) is 22.3 Å². The van der Waals surface area contributed by atoms with E-state index in [1.54, 1.807) is 12.1 Å². The van der Waals surface area contributed by atoms with Crippen LogP contribution in [0.2, 0.25) is 0 Å². The molecule has 20 heavy (non-hydrogen) atoms. The van der Waals surface area contributed by atoms with Gasteiger partial charge in [0.05, 0.1) is 18.3 Å². The molecule has 0 spiro atoms. The predicted molar refractivity (Wildman–Crippen MR) is 73.4 cm³/mol. The molecule has 0 saturated heterocycles. The number of benzene rings is 1. The molecule has 2 aromatic rings. The van der Waals surface area contributed by atoms with Crippen molar-refractivity contribution < 1.29 is 13.2 Å². The molecular weight excluding hydrogens is 287 g/mol. The summed E-state index contributed by atoms with van der Waals surface area (Å²) in [6, 6.07) is 5.35. The van der Waals surface area contributed by atoms with Crippen LogP contribution in [0, 0.1) is 6.92 Å². The second kappa shape index (κ2) is 5.24. The summed E-state index contributed by atoms with van der Waals surface area (Å²) < 4.78 is 38.7. The van der Waals surface area contributed by atoms with Gasteiger partial charge in [0.25, 0.3) is 0 Å². The van der Waals surface area contributed by atoms with Gasteiger partial charge in [-0.2, -0.15) is 18.3 Å². The highest BCUT2D eigenvalue weighted by molar-refractivity contribution is 7.80. The standard InChI is InChI=1S/C13H12F3N3S/c1-8-4-9(12(17)20)2-3-10(8)6-19-7-11(5-18-19)13(14,15)16/h2-5,7H,6H2,1H3,(H2,17,20). The van der Waals surface area contributed by atoms with Crippen LogP contribution in [0.15, 0.2) is 30.6 Å². The fourth-order valence-corrected chi connectivity index (χ4v) is 1.92. The van der Waals surface area contributed by atoms with Crippen LogP contribution in [0.5, 0.6) is 0 Å². The molecule has 0 unspecified atom stereocenters. The molecule has 0 aliphatic rings. The Morgan fingerprint density at radius 1 is 1.40 bits per heavy atom. The minimum Gasteiger partial charge on any atom is -0.389 e. The smallest absolute Gasteiger partial charge is 0.389 e. The Morgan fingerprint density at radius 3 is 2.60 bits per heavy atom. The van der Waals surface area contributed by atoms with Crippen molar-refractivity contribution >= 4 is 17.2 Å². The molecule has 0 aliphatic carbocycles. The van der Waals surface area contributed by atoms with Crippen molar-refractivity contribution in [3.63, 3.8) is 0 Å². The summed E-state index contributed by atoms with van der Waals surface area (Å²) in [6.07, 6.45) is -2.57. The third kappa shape index (κ3) is 3.16. The van der Waals surface area contributed by atoms with Gasteiger partial charge in [0.1, 0.15) is 4.99 Å². The third-order valence-corrected chi connectivity index (χ3v) is 3.16. The first kappa shape index (κ1) is 14.5. The van der Waals surface area contributed by atoms with Gasteiger partial charge < -0.3 is 5.73 Å². The Kier molecular flexibility index (Phi) is 3.80. The van der Waals surface area contributed by atoms with E-state index in [2.05, 4.69) is 5.10 Å². The number of aryl methyl sites for hydroxylation is 1. The van der Waals surface area contributed by atoms with E-state index in [1.165, 1.54) is 4.68 Å². The summed E-state index contributed by atoms with van der Waals surface area (Å²) in [6.45, 7) is 2.12. The van der Waals surface area contributed by atoms with Crippen LogP contribution in [0.4, 0.5) is 13.2 Å². The molecule has 0 aliphatic heterocycles. The van der Waals surface area contributed by atoms with Crippen LogP contribution in [0.25, 0.3) is 0 Å². The molecule has 7 heteroatoms. The quantitative estimate of drug-likeness (QED) is 0.886. The number of halogens is 3. The van der Waals surface area contributed by atoms with Gasteiger partial charge in [0.2, 0.25) is 0 Å². The van der Waals surface area contributed by atoms with Gasteiger partial charge in [0.15, 0.2) is 0 Å². The summed E-state index contributed by atoms with van der Waals surface area (Å²) in [5.41, 5.74) is 7.27. The zero-order chi connectivity index (χ0) is 14.9. The van der Waals surface area contributed by atoms with Gasteiger partial charge in [-0.25, -0.2) is 0 Å². The number of hydrogen-bond donors (Lipinski definition) is 1. The largest absolute Gasteiger partial charge is 0.419 e. The fraction of sp³-hybridized carbons (Fsp3) is 0.231. The van der Waals surface area contributed by atoms with Gasteiger partial charge in [-0.15, -0.1) is 0 Å². The lowest BCUT2D eigenvalue weighted by molar-refractivity contribution is -0.137. The molecule has 106 valence electrons. The summed E-state index contributed by atoms with van der Waals surface area (Å²) in [5, 5.41) is 3.72. The Morgan fingerprint density at radius 2 is 2.10 bits per heavy atom. The molecule has 0 saturated carbocycles. The minimum atomic E-state index is -4.37. The van der Waals surface area contributed by atoms with Gasteiger partial charge >= 0.3 is 6.18 Å². The zero-order valence-corrected chi connectivity index (χ0v) is 11.4. The molecule has 1 aromatic carbocycles. The van der Waals surface area contributed by atoms with E-state index < -0.39 is 11.7 Å². The summed E-state index contributed by atoms with van der Waals surface area (Å²) in [7, 11) is 0. The Hall–Kier alpha value is -1.89. The minimum absolute atomic E-state index is 0.263. The number of hydrogen-bond acceptors (Lipinski definition) is 2. The van der Waals surface area contributed by atoms with Crippen LogP contribution in [-0.2, 0) is 12.7 Å². The lowest BCUT2D eigenvalue weighted by atomic mass is 10.1. The van der Waals surface area contributed by atoms with Gasteiger partial charge in [-0.05, 0) is 24.1 Å². The number of nitrogens with zero attached hydrogens (tertiary/aromatic N) is 2. The molecule has 1 heterocycles. The van der Waals surface area contributed by atoms with E-state index in [0.717, 1.165) is 29.1 Å². The number of nitrogens with two attached hydrogens (primary N) is 1. The predicted octanol–water partition coefficient (Wildman–Crippen LogP) is 2.89. The monoisotopic (exact) mass is 299 g/mol. The maximum atomic E-state index is 12.5. The van der Waals surface area contributed by atoms with Crippen molar-refractivity contribution in [1.82, 2.24) is 9.78 Å². The van der Waals surface area contributed by atoms with Gasteiger partial charge in [-0.3, -0.25) is 4.68 Å². The summed E-state index contributed by atoms with van der Waals surface area (Å²) >= 11 is 4.87. The number of rotatable bonds is 3.